The molecule has 1 aromatic heterocycles. The first-order valence-electron chi connectivity index (χ1n) is 7.68. The van der Waals surface area contributed by atoms with E-state index in [2.05, 4.69) is 27.3 Å². The van der Waals surface area contributed by atoms with Gasteiger partial charge < -0.3 is 14.7 Å². The highest BCUT2D eigenvalue weighted by molar-refractivity contribution is 5.29. The average molecular weight is 264 g/mol. The maximum atomic E-state index is 5.57. The predicted octanol–water partition coefficient (Wildman–Crippen LogP) is 2.44. The number of nitrogens with zero attached hydrogens (tertiary/aromatic N) is 3. The molecule has 19 heavy (non-hydrogen) atoms. The molecule has 1 atom stereocenters. The summed E-state index contributed by atoms with van der Waals surface area (Å²) in [5.74, 6) is 1.57. The lowest BCUT2D eigenvalue weighted by Gasteiger charge is -2.23. The first-order chi connectivity index (χ1) is 9.34. The maximum Gasteiger partial charge on any atom is 0.266 e. The van der Waals surface area contributed by atoms with Crippen molar-refractivity contribution in [1.82, 2.24) is 15.5 Å². The first-order valence-corrected chi connectivity index (χ1v) is 7.68. The zero-order chi connectivity index (χ0) is 13.1. The lowest BCUT2D eigenvalue weighted by Crippen LogP contribution is -2.36. The molecule has 5 nitrogen and oxygen atoms in total. The van der Waals surface area contributed by atoms with E-state index in [4.69, 9.17) is 4.52 Å². The summed E-state index contributed by atoms with van der Waals surface area (Å²) in [6.07, 6.45) is 8.42. The molecule has 5 heteroatoms. The lowest BCUT2D eigenvalue weighted by atomic mass is 9.94. The van der Waals surface area contributed by atoms with Gasteiger partial charge in [0.25, 0.3) is 5.95 Å². The Bertz CT molecular complexity index is 403. The average Bonchev–Trinajstić information content (AvgIpc) is 3.03. The number of hydrogen-bond acceptors (Lipinski definition) is 5. The van der Waals surface area contributed by atoms with Crippen LogP contribution < -0.4 is 10.2 Å². The summed E-state index contributed by atoms with van der Waals surface area (Å²) in [5, 5.41) is 7.77. The van der Waals surface area contributed by atoms with Crippen LogP contribution in [0.25, 0.3) is 0 Å². The molecule has 0 saturated carbocycles. The molecule has 0 radical (unpaired) electrons. The minimum absolute atomic E-state index is 0.0723. The van der Waals surface area contributed by atoms with E-state index in [0.29, 0.717) is 0 Å². The van der Waals surface area contributed by atoms with Gasteiger partial charge in [-0.15, -0.1) is 0 Å². The second-order valence-electron chi connectivity index (χ2n) is 5.77. The standard InChI is InChI=1S/C14H24N4O/c1-2-14(8-7-9-15-14)12-16-13(17-19-12)18-10-5-3-4-6-11-18/h15H,2-11H2,1H3. The predicted molar refractivity (Wildman–Crippen MR) is 74.2 cm³/mol. The molecule has 2 aliphatic heterocycles. The van der Waals surface area contributed by atoms with Crippen LogP contribution in [0.1, 0.15) is 57.8 Å². The van der Waals surface area contributed by atoms with Crippen LogP contribution in [0.2, 0.25) is 0 Å². The van der Waals surface area contributed by atoms with Crippen LogP contribution in [0, 0.1) is 0 Å². The van der Waals surface area contributed by atoms with Gasteiger partial charge in [0.2, 0.25) is 5.89 Å². The molecule has 2 saturated heterocycles. The lowest BCUT2D eigenvalue weighted by molar-refractivity contribution is 0.250. The van der Waals surface area contributed by atoms with Gasteiger partial charge in [0.15, 0.2) is 0 Å². The summed E-state index contributed by atoms with van der Waals surface area (Å²) in [6, 6.07) is 0. The molecule has 0 aliphatic carbocycles. The Morgan fingerprint density at radius 1 is 1.21 bits per heavy atom. The topological polar surface area (TPSA) is 54.2 Å². The summed E-state index contributed by atoms with van der Waals surface area (Å²) in [6.45, 7) is 5.36. The molecule has 3 heterocycles. The Hall–Kier alpha value is -1.10. The SMILES string of the molecule is CCC1(c2nc(N3CCCCCC3)no2)CCCN1. The number of anilines is 1. The second-order valence-corrected chi connectivity index (χ2v) is 5.77. The molecule has 0 spiro atoms. The van der Waals surface area contributed by atoms with Gasteiger partial charge in [0.1, 0.15) is 0 Å². The van der Waals surface area contributed by atoms with Crippen LogP contribution in [-0.4, -0.2) is 29.8 Å². The summed E-state index contributed by atoms with van der Waals surface area (Å²) in [4.78, 5) is 6.96. The quantitative estimate of drug-likeness (QED) is 0.908. The Morgan fingerprint density at radius 2 is 2.00 bits per heavy atom. The van der Waals surface area contributed by atoms with E-state index in [1.165, 1.54) is 32.1 Å². The van der Waals surface area contributed by atoms with Gasteiger partial charge in [-0.2, -0.15) is 4.98 Å². The smallest absolute Gasteiger partial charge is 0.266 e. The molecule has 2 aliphatic rings. The summed E-state index contributed by atoms with van der Waals surface area (Å²) in [5.41, 5.74) is -0.0723. The molecule has 106 valence electrons. The second kappa shape index (κ2) is 5.49. The third kappa shape index (κ3) is 2.48. The highest BCUT2D eigenvalue weighted by Gasteiger charge is 2.39. The molecular formula is C14H24N4O. The van der Waals surface area contributed by atoms with Gasteiger partial charge in [-0.1, -0.05) is 19.8 Å². The number of nitrogens with one attached hydrogen (secondary N) is 1. The third-order valence-electron chi connectivity index (χ3n) is 4.56. The van der Waals surface area contributed by atoms with Crippen molar-refractivity contribution in [1.29, 1.82) is 0 Å². The van der Waals surface area contributed by atoms with Crippen LogP contribution in [0.3, 0.4) is 0 Å². The van der Waals surface area contributed by atoms with Crippen molar-refractivity contribution in [2.45, 2.75) is 57.4 Å². The molecule has 0 aromatic carbocycles. The fourth-order valence-electron chi connectivity index (χ4n) is 3.25. The maximum absolute atomic E-state index is 5.57. The zero-order valence-corrected chi connectivity index (χ0v) is 11.8. The van der Waals surface area contributed by atoms with Crippen molar-refractivity contribution in [2.24, 2.45) is 0 Å². The van der Waals surface area contributed by atoms with E-state index in [1.54, 1.807) is 0 Å². The molecule has 1 unspecified atom stereocenters. The van der Waals surface area contributed by atoms with Crippen LogP contribution in [-0.2, 0) is 5.54 Å². The molecule has 0 amide bonds. The van der Waals surface area contributed by atoms with E-state index in [9.17, 15) is 0 Å². The summed E-state index contributed by atoms with van der Waals surface area (Å²) in [7, 11) is 0. The van der Waals surface area contributed by atoms with Crippen LogP contribution in [0.5, 0.6) is 0 Å². The molecule has 2 fully saturated rings. The van der Waals surface area contributed by atoms with Crippen molar-refractivity contribution in [2.75, 3.05) is 24.5 Å². The monoisotopic (exact) mass is 264 g/mol. The van der Waals surface area contributed by atoms with Gasteiger partial charge in [0, 0.05) is 13.1 Å². The van der Waals surface area contributed by atoms with E-state index < -0.39 is 0 Å². The Labute approximate surface area is 114 Å². The Morgan fingerprint density at radius 3 is 2.63 bits per heavy atom. The largest absolute Gasteiger partial charge is 0.338 e. The van der Waals surface area contributed by atoms with E-state index in [1.807, 2.05) is 0 Å². The number of aromatic nitrogens is 2. The highest BCUT2D eigenvalue weighted by Crippen LogP contribution is 2.33. The Kier molecular flexibility index (Phi) is 3.73. The van der Waals surface area contributed by atoms with Crippen molar-refractivity contribution in [3.63, 3.8) is 0 Å². The Balaban J connectivity index is 1.78. The molecule has 1 aromatic rings. The van der Waals surface area contributed by atoms with Crippen molar-refractivity contribution in [3.05, 3.63) is 5.89 Å². The number of hydrogen-bond donors (Lipinski definition) is 1. The van der Waals surface area contributed by atoms with Crippen LogP contribution in [0.15, 0.2) is 4.52 Å². The fraction of sp³-hybridized carbons (Fsp3) is 0.857. The van der Waals surface area contributed by atoms with E-state index >= 15 is 0 Å². The molecule has 0 bridgehead atoms. The molecule has 3 rings (SSSR count). The molecule has 1 N–H and O–H groups in total. The fourth-order valence-corrected chi connectivity index (χ4v) is 3.25. The van der Waals surface area contributed by atoms with Crippen LogP contribution in [0.4, 0.5) is 5.95 Å². The molecular weight excluding hydrogens is 240 g/mol. The van der Waals surface area contributed by atoms with Crippen LogP contribution >= 0.6 is 0 Å². The van der Waals surface area contributed by atoms with E-state index in [0.717, 1.165) is 44.3 Å². The zero-order valence-electron chi connectivity index (χ0n) is 11.8. The number of rotatable bonds is 3. The highest BCUT2D eigenvalue weighted by atomic mass is 16.5. The van der Waals surface area contributed by atoms with Gasteiger partial charge in [-0.25, -0.2) is 0 Å². The third-order valence-corrected chi connectivity index (χ3v) is 4.56. The van der Waals surface area contributed by atoms with Gasteiger partial charge in [0.05, 0.1) is 5.54 Å². The minimum Gasteiger partial charge on any atom is -0.338 e. The van der Waals surface area contributed by atoms with Gasteiger partial charge in [-0.3, -0.25) is 0 Å². The minimum atomic E-state index is -0.0723. The van der Waals surface area contributed by atoms with E-state index in [-0.39, 0.29) is 5.54 Å². The summed E-state index contributed by atoms with van der Waals surface area (Å²) < 4.78 is 5.57. The normalized spacial score (nSPS) is 28.6. The van der Waals surface area contributed by atoms with Gasteiger partial charge >= 0.3 is 0 Å². The first kappa shape index (κ1) is 12.9. The van der Waals surface area contributed by atoms with Gasteiger partial charge in [-0.05, 0) is 43.8 Å². The van der Waals surface area contributed by atoms with Crippen molar-refractivity contribution in [3.8, 4) is 0 Å². The van der Waals surface area contributed by atoms with Crippen molar-refractivity contribution >= 4 is 5.95 Å². The van der Waals surface area contributed by atoms with Crippen molar-refractivity contribution < 1.29 is 4.52 Å². The summed E-state index contributed by atoms with van der Waals surface area (Å²) >= 11 is 0.